The molecule has 3 aliphatic heterocycles. The Kier molecular flexibility index (Phi) is 3.42. The van der Waals surface area contributed by atoms with E-state index in [-0.39, 0.29) is 0 Å². The number of rotatable bonds is 3. The van der Waals surface area contributed by atoms with Gasteiger partial charge in [-0.2, -0.15) is 0 Å². The number of ether oxygens (including phenoxy) is 1. The Morgan fingerprint density at radius 3 is 2.26 bits per heavy atom. The zero-order chi connectivity index (χ0) is 13.5. The average molecular weight is 303 g/mol. The summed E-state index contributed by atoms with van der Waals surface area (Å²) in [6.45, 7) is 6.84. The summed E-state index contributed by atoms with van der Waals surface area (Å²) in [5, 5.41) is 0.789. The van der Waals surface area contributed by atoms with Crippen molar-refractivity contribution in [2.75, 3.05) is 52.4 Å². The number of hydrogen-bond donors (Lipinski definition) is 0. The second-order valence-electron chi connectivity index (χ2n) is 5.76. The molecule has 0 radical (unpaired) electrons. The van der Waals surface area contributed by atoms with Crippen molar-refractivity contribution in [2.45, 2.75) is 0 Å². The third-order valence-corrected chi connectivity index (χ3v) is 5.65. The van der Waals surface area contributed by atoms with Crippen molar-refractivity contribution in [3.8, 4) is 5.75 Å². The highest BCUT2D eigenvalue weighted by Crippen LogP contribution is 2.40. The van der Waals surface area contributed by atoms with E-state index >= 15 is 0 Å². The first-order valence-corrected chi connectivity index (χ1v) is 7.66. The summed E-state index contributed by atoms with van der Waals surface area (Å²) in [7, 11) is 1.73. The highest BCUT2D eigenvalue weighted by Gasteiger charge is 2.50. The van der Waals surface area contributed by atoms with Crippen LogP contribution in [0.25, 0.3) is 0 Å². The molecule has 3 saturated heterocycles. The van der Waals surface area contributed by atoms with Gasteiger partial charge in [0, 0.05) is 11.1 Å². The van der Waals surface area contributed by atoms with E-state index in [1.54, 1.807) is 7.11 Å². The van der Waals surface area contributed by atoms with Gasteiger partial charge >= 0.3 is 0 Å². The first-order valence-electron chi connectivity index (χ1n) is 6.74. The quantitative estimate of drug-likeness (QED) is 0.474. The van der Waals surface area contributed by atoms with E-state index in [9.17, 15) is 0 Å². The number of alkyl halides is 1. The maximum absolute atomic E-state index is 6.19. The van der Waals surface area contributed by atoms with E-state index in [0.717, 1.165) is 65.0 Å². The van der Waals surface area contributed by atoms with Gasteiger partial charge in [-0.1, -0.05) is 23.2 Å². The molecule has 0 atom stereocenters. The van der Waals surface area contributed by atoms with Crippen molar-refractivity contribution in [3.05, 3.63) is 23.2 Å². The van der Waals surface area contributed by atoms with Crippen molar-refractivity contribution >= 4 is 28.9 Å². The van der Waals surface area contributed by atoms with Crippen LogP contribution in [0.15, 0.2) is 18.2 Å². The van der Waals surface area contributed by atoms with Gasteiger partial charge in [0.2, 0.25) is 0 Å². The van der Waals surface area contributed by atoms with Gasteiger partial charge in [0.05, 0.1) is 7.11 Å². The number of hydrogen-bond acceptors (Lipinski definition) is 1. The highest BCUT2D eigenvalue weighted by molar-refractivity contribution is 6.30. The average Bonchev–Trinajstić information content (AvgIpc) is 2.49. The Morgan fingerprint density at radius 1 is 1.11 bits per heavy atom. The van der Waals surface area contributed by atoms with Gasteiger partial charge in [-0.15, -0.1) is 0 Å². The molecule has 3 heterocycles. The fourth-order valence-electron chi connectivity index (χ4n) is 3.46. The molecule has 3 nitrogen and oxygen atoms in total. The summed E-state index contributed by atoms with van der Waals surface area (Å²) in [5.74, 6) is 0.956. The Labute approximate surface area is 124 Å². The molecule has 4 rings (SSSR count). The number of nitrogens with zero attached hydrogens (tertiary/aromatic N) is 2. The Morgan fingerprint density at radius 2 is 1.74 bits per heavy atom. The SMILES string of the molecule is COc1ccc(Cl)cc1[N+]12CC[N+](CCl)(CC1)CC2. The number of benzene rings is 1. The van der Waals surface area contributed by atoms with Crippen LogP contribution in [-0.2, 0) is 0 Å². The molecule has 3 fully saturated rings. The Balaban J connectivity index is 1.97. The molecule has 0 unspecified atom stereocenters. The molecule has 1 aromatic carbocycles. The molecule has 0 amide bonds. The molecule has 0 N–H and O–H groups in total. The number of fused-ring (bicyclic) bond motifs is 3. The standard InChI is InChI=1S/C14H20Cl2N2O/c1-19-14-3-2-12(16)10-13(14)18-7-4-17(11-15,5-8-18)6-9-18/h2-3,10H,4-9,11H2,1H3/q+2. The zero-order valence-electron chi connectivity index (χ0n) is 11.2. The van der Waals surface area contributed by atoms with Gasteiger partial charge in [0.15, 0.2) is 17.4 Å². The van der Waals surface area contributed by atoms with Crippen LogP contribution in [0, 0.1) is 0 Å². The second kappa shape index (κ2) is 4.81. The van der Waals surface area contributed by atoms with Gasteiger partial charge in [-0.3, -0.25) is 8.97 Å². The van der Waals surface area contributed by atoms with E-state index in [1.807, 2.05) is 12.1 Å². The van der Waals surface area contributed by atoms with Crippen LogP contribution in [0.1, 0.15) is 0 Å². The lowest BCUT2D eigenvalue weighted by Crippen LogP contribution is -2.75. The van der Waals surface area contributed by atoms with E-state index in [2.05, 4.69) is 6.07 Å². The van der Waals surface area contributed by atoms with Crippen molar-refractivity contribution in [1.82, 2.24) is 4.48 Å². The predicted octanol–water partition coefficient (Wildman–Crippen LogP) is 2.70. The van der Waals surface area contributed by atoms with Gasteiger partial charge in [0.1, 0.15) is 39.3 Å². The van der Waals surface area contributed by atoms with Crippen LogP contribution >= 0.6 is 23.2 Å². The molecule has 2 bridgehead atoms. The summed E-state index contributed by atoms with van der Waals surface area (Å²) in [6, 6.07) is 6.70. The topological polar surface area (TPSA) is 9.23 Å². The third kappa shape index (κ3) is 2.13. The number of quaternary nitrogens is 2. The first-order chi connectivity index (χ1) is 9.13. The molecule has 0 aliphatic carbocycles. The highest BCUT2D eigenvalue weighted by atomic mass is 35.5. The minimum Gasteiger partial charge on any atom is -0.491 e. The lowest BCUT2D eigenvalue weighted by molar-refractivity contribution is -0.930. The summed E-state index contributed by atoms with van der Waals surface area (Å²) >= 11 is 12.3. The van der Waals surface area contributed by atoms with Crippen molar-refractivity contribution in [1.29, 1.82) is 0 Å². The summed E-state index contributed by atoms with van der Waals surface area (Å²) in [4.78, 5) is 0. The maximum Gasteiger partial charge on any atom is 0.179 e. The molecular formula is C14H20Cl2N2O+2. The van der Waals surface area contributed by atoms with E-state index in [1.165, 1.54) is 5.69 Å². The number of methoxy groups -OCH3 is 1. The van der Waals surface area contributed by atoms with Gasteiger partial charge in [-0.05, 0) is 12.1 Å². The molecule has 0 aromatic heterocycles. The minimum atomic E-state index is 0.743. The molecule has 0 spiro atoms. The number of halogens is 2. The van der Waals surface area contributed by atoms with Crippen molar-refractivity contribution in [2.24, 2.45) is 0 Å². The third-order valence-electron chi connectivity index (χ3n) is 4.91. The first kappa shape index (κ1) is 13.5. The fourth-order valence-corrected chi connectivity index (χ4v) is 3.98. The summed E-state index contributed by atoms with van der Waals surface area (Å²) in [5.41, 5.74) is 1.24. The normalized spacial score (nSPS) is 33.4. The van der Waals surface area contributed by atoms with Crippen LogP contribution in [0.4, 0.5) is 5.69 Å². The molecule has 0 saturated carbocycles. The second-order valence-corrected chi connectivity index (χ2v) is 6.44. The van der Waals surface area contributed by atoms with Gasteiger partial charge < -0.3 is 4.74 Å². The molecule has 3 aliphatic rings. The van der Waals surface area contributed by atoms with Gasteiger partial charge in [0.25, 0.3) is 0 Å². The Hall–Kier alpha value is -0.480. The van der Waals surface area contributed by atoms with Crippen LogP contribution in [-0.4, -0.2) is 56.9 Å². The monoisotopic (exact) mass is 302 g/mol. The van der Waals surface area contributed by atoms with Gasteiger partial charge in [-0.25, -0.2) is 0 Å². The van der Waals surface area contributed by atoms with E-state index in [0.29, 0.717) is 0 Å². The predicted molar refractivity (Wildman–Crippen MR) is 80.0 cm³/mol. The van der Waals surface area contributed by atoms with Crippen LogP contribution in [0.3, 0.4) is 0 Å². The van der Waals surface area contributed by atoms with Crippen molar-refractivity contribution in [3.63, 3.8) is 0 Å². The molecule has 5 heteroatoms. The van der Waals surface area contributed by atoms with E-state index in [4.69, 9.17) is 27.9 Å². The minimum absolute atomic E-state index is 0.743. The smallest absolute Gasteiger partial charge is 0.179 e. The van der Waals surface area contributed by atoms with E-state index < -0.39 is 0 Å². The zero-order valence-corrected chi connectivity index (χ0v) is 12.8. The summed E-state index contributed by atoms with van der Waals surface area (Å²) < 4.78 is 7.62. The largest absolute Gasteiger partial charge is 0.491 e. The van der Waals surface area contributed by atoms with Crippen LogP contribution in [0.2, 0.25) is 5.02 Å². The van der Waals surface area contributed by atoms with Crippen molar-refractivity contribution < 1.29 is 9.22 Å². The van der Waals surface area contributed by atoms with Crippen LogP contribution in [0.5, 0.6) is 5.75 Å². The molecule has 1 aromatic rings. The molecule has 19 heavy (non-hydrogen) atoms. The molecule has 104 valence electrons. The number of piperazine rings is 3. The fraction of sp³-hybridized carbons (Fsp3) is 0.571. The Bertz CT molecular complexity index is 468. The van der Waals surface area contributed by atoms with Crippen LogP contribution < -0.4 is 9.22 Å². The lowest BCUT2D eigenvalue weighted by atomic mass is 10.1. The molecular weight excluding hydrogens is 283 g/mol. The maximum atomic E-state index is 6.19. The summed E-state index contributed by atoms with van der Waals surface area (Å²) in [6.07, 6.45) is 0. The lowest BCUT2D eigenvalue weighted by Gasteiger charge is -2.54.